The van der Waals surface area contributed by atoms with E-state index in [1.54, 1.807) is 0 Å². The second-order valence-corrected chi connectivity index (χ2v) is 35.2. The van der Waals surface area contributed by atoms with Gasteiger partial charge in [0.05, 0.1) is 18.8 Å². The molecule has 0 heterocycles. The molecule has 4 rings (SSSR count). The van der Waals surface area contributed by atoms with Crippen LogP contribution in [0.25, 0.3) is 0 Å². The average Bonchev–Trinajstić information content (AvgIpc) is 3.17. The van der Waals surface area contributed by atoms with Crippen LogP contribution < -0.4 is 0 Å². The van der Waals surface area contributed by atoms with Crippen LogP contribution in [-0.4, -0.2) is 60.3 Å². The number of carbonyl (C=O) groups is 1. The van der Waals surface area contributed by atoms with E-state index in [2.05, 4.69) is 128 Å². The van der Waals surface area contributed by atoms with Crippen molar-refractivity contribution in [1.82, 2.24) is 0 Å². The van der Waals surface area contributed by atoms with Crippen molar-refractivity contribution in [3.8, 4) is 0 Å². The third kappa shape index (κ3) is 6.61. The van der Waals surface area contributed by atoms with Gasteiger partial charge in [0.1, 0.15) is 5.60 Å². The molecule has 0 saturated heterocycles. The van der Waals surface area contributed by atoms with Crippen LogP contribution in [-0.2, 0) is 18.1 Å². The number of aliphatic hydroxyl groups is 1. The first kappa shape index (κ1) is 39.4. The molecule has 7 atom stereocenters. The standard InChI is InChI=1S/C39H72O5Si3/c1-34(2,3)45(12,13)42-26-32(40)39(41)23-21-30-29-19-18-27-24-28(43-46(14,15)35(4,5)6)25-33(44-47(16,17)36(7,8)9)38(27,11)31(29)20-22-37(30,39)10/h18-19,28,30-31,33,41H,20-26H2,1-17H3/t28?,30-,31-,33?,37-,38-,39-/m0/s1. The molecular formula is C39H72O5Si3. The first-order valence-electron chi connectivity index (χ1n) is 18.6. The lowest BCUT2D eigenvalue weighted by atomic mass is 9.49. The van der Waals surface area contributed by atoms with Crippen LogP contribution in [0, 0.1) is 22.7 Å². The summed E-state index contributed by atoms with van der Waals surface area (Å²) in [6, 6.07) is 0. The third-order valence-corrected chi connectivity index (χ3v) is 28.6. The molecule has 47 heavy (non-hydrogen) atoms. The van der Waals surface area contributed by atoms with E-state index in [9.17, 15) is 9.90 Å². The summed E-state index contributed by atoms with van der Waals surface area (Å²) >= 11 is 0. The number of carbonyl (C=O) groups excluding carboxylic acids is 1. The number of rotatable bonds is 8. The molecule has 0 aromatic carbocycles. The number of hydrogen-bond acceptors (Lipinski definition) is 5. The van der Waals surface area contributed by atoms with Gasteiger partial charge in [0.25, 0.3) is 0 Å². The Kier molecular flexibility index (Phi) is 10.2. The van der Waals surface area contributed by atoms with E-state index in [1.807, 2.05) is 0 Å². The van der Waals surface area contributed by atoms with Crippen molar-refractivity contribution in [1.29, 1.82) is 0 Å². The Hall–Kier alpha value is -0.359. The molecule has 5 nitrogen and oxygen atoms in total. The third-order valence-electron chi connectivity index (χ3n) is 15.1. The maximum atomic E-state index is 14.0. The SMILES string of the molecule is CC(C)(C)[Si](C)(C)OCC(=O)[C@@]1(O)CC[C@H]2C3=CC=C4CC(O[Si](C)(C)C(C)(C)C)CC(O[Si](C)(C)C(C)(C)C)[C@]4(C)[C@H]3CC[C@@]21C. The van der Waals surface area contributed by atoms with E-state index < -0.39 is 36.0 Å². The summed E-state index contributed by atoms with van der Waals surface area (Å²) in [7, 11) is -6.19. The van der Waals surface area contributed by atoms with Gasteiger partial charge in [-0.05, 0) is 105 Å². The molecule has 0 radical (unpaired) electrons. The minimum atomic E-state index is -2.12. The monoisotopic (exact) mass is 704 g/mol. The van der Waals surface area contributed by atoms with Gasteiger partial charge in [-0.25, -0.2) is 0 Å². The van der Waals surface area contributed by atoms with Gasteiger partial charge < -0.3 is 18.4 Å². The van der Waals surface area contributed by atoms with Crippen molar-refractivity contribution in [3.63, 3.8) is 0 Å². The van der Waals surface area contributed by atoms with Gasteiger partial charge >= 0.3 is 0 Å². The number of hydrogen-bond donors (Lipinski definition) is 1. The minimum Gasteiger partial charge on any atom is -0.414 e. The summed E-state index contributed by atoms with van der Waals surface area (Å²) in [5, 5.41) is 12.6. The van der Waals surface area contributed by atoms with Crippen molar-refractivity contribution in [2.45, 2.75) is 187 Å². The van der Waals surface area contributed by atoms with E-state index in [-0.39, 0.29) is 51.0 Å². The van der Waals surface area contributed by atoms with Crippen LogP contribution in [0.2, 0.25) is 54.4 Å². The second-order valence-electron chi connectivity index (χ2n) is 20.9. The Morgan fingerprint density at radius 2 is 1.30 bits per heavy atom. The van der Waals surface area contributed by atoms with Gasteiger partial charge in [-0.2, -0.15) is 0 Å². The highest BCUT2D eigenvalue weighted by Gasteiger charge is 2.66. The highest BCUT2D eigenvalue weighted by atomic mass is 28.4. The highest BCUT2D eigenvalue weighted by Crippen LogP contribution is 2.67. The van der Waals surface area contributed by atoms with E-state index in [4.69, 9.17) is 13.3 Å². The molecule has 3 fully saturated rings. The highest BCUT2D eigenvalue weighted by molar-refractivity contribution is 6.75. The lowest BCUT2D eigenvalue weighted by molar-refractivity contribution is -0.156. The van der Waals surface area contributed by atoms with Crippen LogP contribution in [0.1, 0.15) is 115 Å². The van der Waals surface area contributed by atoms with E-state index >= 15 is 0 Å². The van der Waals surface area contributed by atoms with Crippen LogP contribution in [0.4, 0.5) is 0 Å². The number of allylic oxidation sites excluding steroid dienone is 3. The summed E-state index contributed by atoms with van der Waals surface area (Å²) in [5.74, 6) is 0.393. The lowest BCUT2D eigenvalue weighted by Gasteiger charge is -2.59. The fourth-order valence-electron chi connectivity index (χ4n) is 8.45. The van der Waals surface area contributed by atoms with Gasteiger partial charge in [0, 0.05) is 10.8 Å². The molecule has 0 spiro atoms. The maximum absolute atomic E-state index is 14.0. The smallest absolute Gasteiger partial charge is 0.192 e. The zero-order chi connectivity index (χ0) is 36.0. The summed E-state index contributed by atoms with van der Waals surface area (Å²) in [6.07, 6.45) is 10.0. The van der Waals surface area contributed by atoms with Crippen molar-refractivity contribution < 1.29 is 23.2 Å². The normalized spacial score (nSPS) is 35.4. The zero-order valence-corrected chi connectivity index (χ0v) is 36.5. The Balaban J connectivity index is 1.69. The minimum absolute atomic E-state index is 0.0115. The first-order chi connectivity index (χ1) is 20.9. The Morgan fingerprint density at radius 1 is 0.787 bits per heavy atom. The molecular weight excluding hydrogens is 633 g/mol. The Labute approximate surface area is 292 Å². The molecule has 0 amide bonds. The molecule has 0 aromatic heterocycles. The predicted octanol–water partition coefficient (Wildman–Crippen LogP) is 10.6. The van der Waals surface area contributed by atoms with Crippen molar-refractivity contribution >= 4 is 30.7 Å². The van der Waals surface area contributed by atoms with Gasteiger partial charge in [-0.15, -0.1) is 0 Å². The molecule has 0 bridgehead atoms. The first-order valence-corrected chi connectivity index (χ1v) is 27.3. The van der Waals surface area contributed by atoms with Gasteiger partial charge in [-0.3, -0.25) is 4.79 Å². The summed E-state index contributed by atoms with van der Waals surface area (Å²) in [5.41, 5.74) is 0.920. The number of fused-ring (bicyclic) bond motifs is 5. The van der Waals surface area contributed by atoms with Gasteiger partial charge in [0.15, 0.2) is 30.7 Å². The Bertz CT molecular complexity index is 1280. The van der Waals surface area contributed by atoms with Crippen molar-refractivity contribution in [2.75, 3.05) is 6.61 Å². The fourth-order valence-corrected chi connectivity index (χ4v) is 12.1. The Morgan fingerprint density at radius 3 is 1.83 bits per heavy atom. The molecule has 0 aliphatic heterocycles. The maximum Gasteiger partial charge on any atom is 0.192 e. The fraction of sp³-hybridized carbons (Fsp3) is 0.872. The number of ketones is 1. The van der Waals surface area contributed by atoms with E-state index in [1.165, 1.54) is 11.1 Å². The van der Waals surface area contributed by atoms with Crippen molar-refractivity contribution in [3.05, 3.63) is 23.3 Å². The van der Waals surface area contributed by atoms with E-state index in [0.29, 0.717) is 12.3 Å². The predicted molar refractivity (Wildman–Crippen MR) is 204 cm³/mol. The molecule has 3 saturated carbocycles. The summed E-state index contributed by atoms with van der Waals surface area (Å²) in [6.45, 7) is 39.2. The van der Waals surface area contributed by atoms with Crippen LogP contribution in [0.15, 0.2) is 23.3 Å². The van der Waals surface area contributed by atoms with Crippen LogP contribution >= 0.6 is 0 Å². The molecule has 4 aliphatic carbocycles. The second kappa shape index (κ2) is 12.1. The zero-order valence-electron chi connectivity index (χ0n) is 33.5. The average molecular weight is 705 g/mol. The molecule has 2 unspecified atom stereocenters. The largest absolute Gasteiger partial charge is 0.414 e. The molecule has 1 N–H and O–H groups in total. The van der Waals surface area contributed by atoms with E-state index in [0.717, 1.165) is 32.1 Å². The topological polar surface area (TPSA) is 65.0 Å². The lowest BCUT2D eigenvalue weighted by Crippen LogP contribution is -2.60. The van der Waals surface area contributed by atoms with Gasteiger partial charge in [-0.1, -0.05) is 99.5 Å². The molecule has 270 valence electrons. The molecule has 0 aromatic rings. The molecule has 8 heteroatoms. The number of Topliss-reactive ketones (excluding diaryl/α,β-unsaturated/α-hetero) is 1. The molecule has 4 aliphatic rings. The summed E-state index contributed by atoms with van der Waals surface area (Å²) < 4.78 is 21.0. The summed E-state index contributed by atoms with van der Waals surface area (Å²) in [4.78, 5) is 14.0. The van der Waals surface area contributed by atoms with Crippen molar-refractivity contribution in [2.24, 2.45) is 22.7 Å². The van der Waals surface area contributed by atoms with Gasteiger partial charge in [0.2, 0.25) is 0 Å². The quantitative estimate of drug-likeness (QED) is 0.255. The van der Waals surface area contributed by atoms with Crippen LogP contribution in [0.3, 0.4) is 0 Å². The van der Waals surface area contributed by atoms with Crippen LogP contribution in [0.5, 0.6) is 0 Å².